The molecule has 0 N–H and O–H groups in total. The number of thioether (sulfide) groups is 1. The fourth-order valence-corrected chi connectivity index (χ4v) is 4.92. The first-order valence-electron chi connectivity index (χ1n) is 8.29. The molecule has 0 radical (unpaired) electrons. The summed E-state index contributed by atoms with van der Waals surface area (Å²) in [5, 5.41) is 0. The lowest BCUT2D eigenvalue weighted by atomic mass is 10.1. The fourth-order valence-electron chi connectivity index (χ4n) is 2.69. The molecule has 0 spiro atoms. The van der Waals surface area contributed by atoms with E-state index in [1.807, 2.05) is 23.0 Å². The first-order valence-corrected chi connectivity index (χ1v) is 12.2. The molecule has 0 saturated heterocycles. The topological polar surface area (TPSA) is 68.5 Å². The van der Waals surface area contributed by atoms with Crippen LogP contribution in [0.1, 0.15) is 5.56 Å². The van der Waals surface area contributed by atoms with Crippen molar-refractivity contribution in [1.82, 2.24) is 4.57 Å². The molecule has 0 aliphatic carbocycles. The Kier molecular flexibility index (Phi) is 6.08. The Hall–Kier alpha value is -2.34. The van der Waals surface area contributed by atoms with Crippen molar-refractivity contribution in [3.05, 3.63) is 52.8 Å². The number of nitrogens with zero attached hydrogens (tertiary/aromatic N) is 2. The van der Waals surface area contributed by atoms with Gasteiger partial charge in [-0.25, -0.2) is 8.42 Å². The van der Waals surface area contributed by atoms with Gasteiger partial charge in [0.15, 0.2) is 14.6 Å². The van der Waals surface area contributed by atoms with Gasteiger partial charge >= 0.3 is 0 Å². The molecule has 0 bridgehead atoms. The van der Waals surface area contributed by atoms with Crippen LogP contribution in [0.15, 0.2) is 57.2 Å². The molecule has 8 heteroatoms. The van der Waals surface area contributed by atoms with Crippen LogP contribution in [0.4, 0.5) is 0 Å². The molecule has 1 amide bonds. The van der Waals surface area contributed by atoms with E-state index in [4.69, 9.17) is 6.42 Å². The highest BCUT2D eigenvalue weighted by molar-refractivity contribution is 7.98. The van der Waals surface area contributed by atoms with Crippen molar-refractivity contribution in [3.8, 4) is 12.3 Å². The largest absolute Gasteiger partial charge is 0.305 e. The van der Waals surface area contributed by atoms with Crippen LogP contribution < -0.4 is 4.80 Å². The van der Waals surface area contributed by atoms with Crippen LogP contribution in [0.5, 0.6) is 0 Å². The van der Waals surface area contributed by atoms with Gasteiger partial charge in [-0.05, 0) is 42.2 Å². The Labute approximate surface area is 172 Å². The standard InChI is InChI=1S/C20H18N2O3S3/c1-4-11-22-17-10-7-15(26-2)13-18(17)27-20(22)21-19(23)12-14-5-8-16(9-6-14)28(3,24)25/h1,5-10,13H,11-12H2,2-3H3. The van der Waals surface area contributed by atoms with E-state index in [1.165, 1.54) is 23.5 Å². The van der Waals surface area contributed by atoms with Crippen LogP contribution in [0.2, 0.25) is 0 Å². The molecule has 28 heavy (non-hydrogen) atoms. The first-order chi connectivity index (χ1) is 13.3. The molecule has 1 aromatic heterocycles. The van der Waals surface area contributed by atoms with E-state index in [-0.39, 0.29) is 17.2 Å². The molecule has 0 aliphatic rings. The predicted molar refractivity (Wildman–Crippen MR) is 114 cm³/mol. The molecule has 2 aromatic carbocycles. The molecular formula is C20H18N2O3S3. The predicted octanol–water partition coefficient (Wildman–Crippen LogP) is 3.13. The second-order valence-corrected chi connectivity index (χ2v) is 10.0. The summed E-state index contributed by atoms with van der Waals surface area (Å²) < 4.78 is 25.9. The number of amides is 1. The van der Waals surface area contributed by atoms with Crippen LogP contribution >= 0.6 is 23.1 Å². The van der Waals surface area contributed by atoms with Gasteiger partial charge in [-0.2, -0.15) is 4.99 Å². The summed E-state index contributed by atoms with van der Waals surface area (Å²) in [4.78, 5) is 18.6. The minimum atomic E-state index is -3.26. The summed E-state index contributed by atoms with van der Waals surface area (Å²) in [6.45, 7) is 0.327. The smallest absolute Gasteiger partial charge is 0.252 e. The summed E-state index contributed by atoms with van der Waals surface area (Å²) in [5.74, 6) is 2.30. The quantitative estimate of drug-likeness (QED) is 0.461. The molecule has 0 saturated carbocycles. The number of terminal acetylenes is 1. The fraction of sp³-hybridized carbons (Fsp3) is 0.200. The number of sulfone groups is 1. The van der Waals surface area contributed by atoms with Crippen molar-refractivity contribution in [2.24, 2.45) is 4.99 Å². The second-order valence-electron chi connectivity index (χ2n) is 6.11. The van der Waals surface area contributed by atoms with Gasteiger partial charge in [-0.1, -0.05) is 29.4 Å². The zero-order valence-electron chi connectivity index (χ0n) is 15.4. The Morgan fingerprint density at radius 1 is 1.25 bits per heavy atom. The molecule has 0 unspecified atom stereocenters. The number of hydrogen-bond acceptors (Lipinski definition) is 5. The number of hydrogen-bond donors (Lipinski definition) is 0. The third-order valence-corrected chi connectivity index (χ3v) is 6.96. The third kappa shape index (κ3) is 4.55. The van der Waals surface area contributed by atoms with Gasteiger partial charge in [0.25, 0.3) is 5.91 Å². The SMILES string of the molecule is C#CCn1c(=NC(=O)Cc2ccc(S(C)(=O)=O)cc2)sc2cc(SC)ccc21. The lowest BCUT2D eigenvalue weighted by Crippen LogP contribution is -2.17. The molecule has 0 fully saturated rings. The van der Waals surface area contributed by atoms with E-state index in [0.717, 1.165) is 21.4 Å². The second kappa shape index (κ2) is 8.35. The maximum atomic E-state index is 12.5. The van der Waals surface area contributed by atoms with Gasteiger partial charge < -0.3 is 4.57 Å². The van der Waals surface area contributed by atoms with Crippen molar-refractivity contribution in [2.45, 2.75) is 22.8 Å². The monoisotopic (exact) mass is 430 g/mol. The van der Waals surface area contributed by atoms with Gasteiger partial charge in [0.1, 0.15) is 0 Å². The zero-order chi connectivity index (χ0) is 20.3. The van der Waals surface area contributed by atoms with E-state index in [1.54, 1.807) is 23.9 Å². The molecule has 3 aromatic rings. The third-order valence-electron chi connectivity index (χ3n) is 4.07. The highest BCUT2D eigenvalue weighted by Gasteiger charge is 2.10. The summed E-state index contributed by atoms with van der Waals surface area (Å²) in [6.07, 6.45) is 8.74. The van der Waals surface area contributed by atoms with Gasteiger partial charge in [0.2, 0.25) is 0 Å². The minimum absolute atomic E-state index is 0.0877. The van der Waals surface area contributed by atoms with Crippen molar-refractivity contribution < 1.29 is 13.2 Å². The van der Waals surface area contributed by atoms with E-state index in [2.05, 4.69) is 17.0 Å². The summed E-state index contributed by atoms with van der Waals surface area (Å²) in [5.41, 5.74) is 1.65. The Balaban J connectivity index is 1.93. The molecule has 144 valence electrons. The minimum Gasteiger partial charge on any atom is -0.305 e. The van der Waals surface area contributed by atoms with Crippen molar-refractivity contribution in [3.63, 3.8) is 0 Å². The number of carbonyl (C=O) groups is 1. The van der Waals surface area contributed by atoms with Gasteiger partial charge in [0, 0.05) is 11.2 Å². The van der Waals surface area contributed by atoms with Gasteiger partial charge in [0.05, 0.1) is 28.1 Å². The van der Waals surface area contributed by atoms with E-state index in [0.29, 0.717) is 16.9 Å². The molecule has 1 heterocycles. The first kappa shape index (κ1) is 20.4. The summed E-state index contributed by atoms with van der Waals surface area (Å²) in [7, 11) is -3.26. The lowest BCUT2D eigenvalue weighted by Gasteiger charge is -2.02. The molecule has 5 nitrogen and oxygen atoms in total. The number of thiazole rings is 1. The lowest BCUT2D eigenvalue weighted by molar-refractivity contribution is -0.117. The van der Waals surface area contributed by atoms with Crippen molar-refractivity contribution >= 4 is 49.1 Å². The highest BCUT2D eigenvalue weighted by atomic mass is 32.2. The number of carbonyl (C=O) groups excluding carboxylic acids is 1. The van der Waals surface area contributed by atoms with E-state index < -0.39 is 9.84 Å². The zero-order valence-corrected chi connectivity index (χ0v) is 17.8. The number of rotatable bonds is 5. The van der Waals surface area contributed by atoms with Gasteiger partial charge in [-0.15, -0.1) is 18.2 Å². The Bertz CT molecular complexity index is 1240. The van der Waals surface area contributed by atoms with Crippen LogP contribution in [-0.4, -0.2) is 31.4 Å². The van der Waals surface area contributed by atoms with Crippen LogP contribution in [0, 0.1) is 12.3 Å². The van der Waals surface area contributed by atoms with Crippen molar-refractivity contribution in [1.29, 1.82) is 0 Å². The average Bonchev–Trinajstić information content (AvgIpc) is 2.98. The van der Waals surface area contributed by atoms with E-state index in [9.17, 15) is 13.2 Å². The Morgan fingerprint density at radius 3 is 2.57 bits per heavy atom. The molecule has 3 rings (SSSR count). The van der Waals surface area contributed by atoms with Crippen LogP contribution in [0.25, 0.3) is 10.2 Å². The van der Waals surface area contributed by atoms with Crippen molar-refractivity contribution in [2.75, 3.05) is 12.5 Å². The summed E-state index contributed by atoms with van der Waals surface area (Å²) >= 11 is 3.07. The number of benzene rings is 2. The number of fused-ring (bicyclic) bond motifs is 1. The Morgan fingerprint density at radius 2 is 1.96 bits per heavy atom. The van der Waals surface area contributed by atoms with Crippen LogP contribution in [-0.2, 0) is 27.6 Å². The maximum Gasteiger partial charge on any atom is 0.252 e. The summed E-state index contributed by atoms with van der Waals surface area (Å²) in [6, 6.07) is 12.3. The van der Waals surface area contributed by atoms with Gasteiger partial charge in [-0.3, -0.25) is 4.79 Å². The normalized spacial score (nSPS) is 12.2. The van der Waals surface area contributed by atoms with Crippen LogP contribution in [0.3, 0.4) is 0 Å². The molecular weight excluding hydrogens is 412 g/mol. The number of aromatic nitrogens is 1. The average molecular weight is 431 g/mol. The highest BCUT2D eigenvalue weighted by Crippen LogP contribution is 2.24. The molecule has 0 atom stereocenters. The maximum absolute atomic E-state index is 12.5. The molecule has 0 aliphatic heterocycles. The van der Waals surface area contributed by atoms with E-state index >= 15 is 0 Å².